The van der Waals surface area contributed by atoms with Gasteiger partial charge in [0.05, 0.1) is 10.2 Å². The lowest BCUT2D eigenvalue weighted by Crippen LogP contribution is -2.47. The molecule has 1 aliphatic heterocycles. The molecule has 1 atom stereocenters. The molecule has 3 aromatic rings. The zero-order valence-corrected chi connectivity index (χ0v) is 17.5. The molecular weight excluding hydrogens is 428 g/mol. The summed E-state index contributed by atoms with van der Waals surface area (Å²) in [6.07, 6.45) is 0. The number of halogens is 2. The molecule has 0 aliphatic carbocycles. The van der Waals surface area contributed by atoms with E-state index in [2.05, 4.69) is 15.6 Å². The highest BCUT2D eigenvalue weighted by Gasteiger charge is 2.28. The van der Waals surface area contributed by atoms with Crippen molar-refractivity contribution in [2.24, 2.45) is 5.92 Å². The number of hydrogen-bond acceptors (Lipinski definition) is 6. The molecule has 0 bridgehead atoms. The minimum Gasteiger partial charge on any atom is -0.486 e. The van der Waals surface area contributed by atoms with Crippen LogP contribution in [0.1, 0.15) is 24.2 Å². The van der Waals surface area contributed by atoms with Crippen molar-refractivity contribution >= 4 is 38.5 Å². The van der Waals surface area contributed by atoms with Gasteiger partial charge in [-0.15, -0.1) is 0 Å². The number of ether oxygens (including phenoxy) is 2. The fourth-order valence-corrected chi connectivity index (χ4v) is 4.04. The highest BCUT2D eigenvalue weighted by molar-refractivity contribution is 7.22. The number of aromatic nitrogens is 1. The summed E-state index contributed by atoms with van der Waals surface area (Å²) < 4.78 is 39.7. The van der Waals surface area contributed by atoms with Crippen molar-refractivity contribution in [2.45, 2.75) is 19.9 Å². The van der Waals surface area contributed by atoms with Gasteiger partial charge in [0.2, 0.25) is 5.91 Å². The maximum absolute atomic E-state index is 13.9. The van der Waals surface area contributed by atoms with Crippen molar-refractivity contribution in [2.75, 3.05) is 18.5 Å². The van der Waals surface area contributed by atoms with Crippen LogP contribution >= 0.6 is 11.3 Å². The van der Waals surface area contributed by atoms with Crippen LogP contribution in [0.5, 0.6) is 11.5 Å². The van der Waals surface area contributed by atoms with Gasteiger partial charge in [-0.25, -0.2) is 13.8 Å². The van der Waals surface area contributed by atoms with Gasteiger partial charge in [-0.2, -0.15) is 0 Å². The number of carbonyl (C=O) groups excluding carboxylic acids is 2. The van der Waals surface area contributed by atoms with Crippen LogP contribution in [0.3, 0.4) is 0 Å². The Labute approximate surface area is 180 Å². The first-order valence-electron chi connectivity index (χ1n) is 9.59. The topological polar surface area (TPSA) is 89.6 Å². The molecule has 2 N–H and O–H groups in total. The summed E-state index contributed by atoms with van der Waals surface area (Å²) in [6, 6.07) is 5.62. The van der Waals surface area contributed by atoms with Gasteiger partial charge in [0, 0.05) is 12.1 Å². The lowest BCUT2D eigenvalue weighted by atomic mass is 10.0. The Morgan fingerprint density at radius 2 is 1.74 bits per heavy atom. The molecule has 0 radical (unpaired) electrons. The van der Waals surface area contributed by atoms with Gasteiger partial charge >= 0.3 is 0 Å². The van der Waals surface area contributed by atoms with Crippen LogP contribution in [0.4, 0.5) is 13.9 Å². The summed E-state index contributed by atoms with van der Waals surface area (Å²) in [5.74, 6) is -2.70. The number of amides is 2. The maximum Gasteiger partial charge on any atom is 0.257 e. The van der Waals surface area contributed by atoms with E-state index in [1.165, 1.54) is 11.3 Å². The van der Waals surface area contributed by atoms with Crippen molar-refractivity contribution in [3.63, 3.8) is 0 Å². The van der Waals surface area contributed by atoms with Gasteiger partial charge in [-0.05, 0) is 18.1 Å². The molecule has 0 unspecified atom stereocenters. The largest absolute Gasteiger partial charge is 0.486 e. The highest BCUT2D eigenvalue weighted by Crippen LogP contribution is 2.37. The Balaban J connectivity index is 1.53. The summed E-state index contributed by atoms with van der Waals surface area (Å²) in [4.78, 5) is 29.6. The number of nitrogens with zero attached hydrogens (tertiary/aromatic N) is 1. The van der Waals surface area contributed by atoms with Crippen molar-refractivity contribution in [1.29, 1.82) is 0 Å². The molecule has 31 heavy (non-hydrogen) atoms. The Morgan fingerprint density at radius 1 is 1.10 bits per heavy atom. The fourth-order valence-electron chi connectivity index (χ4n) is 3.16. The zero-order valence-electron chi connectivity index (χ0n) is 16.7. The Hall–Kier alpha value is -3.27. The zero-order chi connectivity index (χ0) is 22.1. The number of benzene rings is 2. The van der Waals surface area contributed by atoms with E-state index in [9.17, 15) is 18.4 Å². The lowest BCUT2D eigenvalue weighted by Gasteiger charge is -2.21. The number of thiazole rings is 1. The van der Waals surface area contributed by atoms with E-state index in [0.717, 1.165) is 22.9 Å². The van der Waals surface area contributed by atoms with E-state index in [0.29, 0.717) is 35.4 Å². The molecule has 0 saturated heterocycles. The molecule has 1 aliphatic rings. The van der Waals surface area contributed by atoms with Gasteiger partial charge in [-0.1, -0.05) is 31.3 Å². The third kappa shape index (κ3) is 4.29. The first-order valence-corrected chi connectivity index (χ1v) is 10.4. The summed E-state index contributed by atoms with van der Waals surface area (Å²) in [5.41, 5.74) is -0.102. The van der Waals surface area contributed by atoms with Crippen LogP contribution in [0.25, 0.3) is 10.2 Å². The SMILES string of the molecule is CC(C)[C@H](NC(=O)c1c(F)cccc1F)C(=O)Nc1nc2cc3c(cc2s1)OCCO3. The molecule has 7 nitrogen and oxygen atoms in total. The third-order valence-corrected chi connectivity index (χ3v) is 5.64. The van der Waals surface area contributed by atoms with E-state index in [4.69, 9.17) is 9.47 Å². The van der Waals surface area contributed by atoms with Crippen molar-refractivity contribution in [3.05, 3.63) is 47.5 Å². The average Bonchev–Trinajstić information content (AvgIpc) is 3.10. The van der Waals surface area contributed by atoms with E-state index in [1.54, 1.807) is 26.0 Å². The summed E-state index contributed by atoms with van der Waals surface area (Å²) >= 11 is 1.24. The van der Waals surface area contributed by atoms with E-state index in [1.807, 2.05) is 0 Å². The van der Waals surface area contributed by atoms with Crippen molar-refractivity contribution in [3.8, 4) is 11.5 Å². The molecule has 0 fully saturated rings. The van der Waals surface area contributed by atoms with E-state index < -0.39 is 35.1 Å². The second-order valence-corrected chi connectivity index (χ2v) is 8.29. The highest BCUT2D eigenvalue weighted by atomic mass is 32.1. The van der Waals surface area contributed by atoms with Crippen LogP contribution in [-0.2, 0) is 4.79 Å². The Bertz CT molecular complexity index is 1100. The number of rotatable bonds is 5. The predicted octanol–water partition coefficient (Wildman–Crippen LogP) is 3.74. The number of carbonyl (C=O) groups is 2. The fraction of sp³-hybridized carbons (Fsp3) is 0.286. The van der Waals surface area contributed by atoms with Crippen LogP contribution in [0.15, 0.2) is 30.3 Å². The second-order valence-electron chi connectivity index (χ2n) is 7.26. The first-order chi connectivity index (χ1) is 14.8. The molecule has 2 aromatic carbocycles. The van der Waals surface area contributed by atoms with Gasteiger partial charge < -0.3 is 20.1 Å². The molecule has 4 rings (SSSR count). The van der Waals surface area contributed by atoms with Crippen LogP contribution in [0.2, 0.25) is 0 Å². The number of fused-ring (bicyclic) bond motifs is 2. The average molecular weight is 447 g/mol. The van der Waals surface area contributed by atoms with Crippen LogP contribution in [-0.4, -0.2) is 36.1 Å². The summed E-state index contributed by atoms with van der Waals surface area (Å²) in [5, 5.41) is 5.41. The van der Waals surface area contributed by atoms with E-state index >= 15 is 0 Å². The molecule has 162 valence electrons. The molecule has 10 heteroatoms. The smallest absolute Gasteiger partial charge is 0.257 e. The first kappa shape index (κ1) is 21.0. The Kier molecular flexibility index (Phi) is 5.73. The minimum atomic E-state index is -1.03. The minimum absolute atomic E-state index is 0.319. The molecule has 0 spiro atoms. The van der Waals surface area contributed by atoms with Crippen LogP contribution in [0, 0.1) is 17.6 Å². The molecule has 2 heterocycles. The second kappa shape index (κ2) is 8.46. The lowest BCUT2D eigenvalue weighted by molar-refractivity contribution is -0.118. The third-order valence-electron chi connectivity index (χ3n) is 4.71. The Morgan fingerprint density at radius 3 is 2.39 bits per heavy atom. The molecule has 1 aromatic heterocycles. The van der Waals surface area contributed by atoms with Gasteiger partial charge in [0.1, 0.15) is 36.5 Å². The normalized spacial score (nSPS) is 13.8. The summed E-state index contributed by atoms with van der Waals surface area (Å²) in [7, 11) is 0. The molecule has 0 saturated carbocycles. The van der Waals surface area contributed by atoms with Crippen molar-refractivity contribution < 1.29 is 27.8 Å². The number of hydrogen-bond donors (Lipinski definition) is 2. The standard InChI is InChI=1S/C21H19F2N3O4S/c1-10(2)18(25-19(27)17-11(22)4-3-5-12(17)23)20(28)26-21-24-13-8-14-15(9-16(13)31-21)30-7-6-29-14/h3-5,8-10,18H,6-7H2,1-2H3,(H,25,27)(H,24,26,28)/t18-/m0/s1. The quantitative estimate of drug-likeness (QED) is 0.622. The molecular formula is C21H19F2N3O4S. The maximum atomic E-state index is 13.9. The summed E-state index contributed by atoms with van der Waals surface area (Å²) in [6.45, 7) is 4.33. The number of anilines is 1. The predicted molar refractivity (Wildman–Crippen MR) is 112 cm³/mol. The number of nitrogens with one attached hydrogen (secondary N) is 2. The van der Waals surface area contributed by atoms with Gasteiger partial charge in [-0.3, -0.25) is 9.59 Å². The van der Waals surface area contributed by atoms with Crippen LogP contribution < -0.4 is 20.1 Å². The monoisotopic (exact) mass is 447 g/mol. The van der Waals surface area contributed by atoms with E-state index in [-0.39, 0.29) is 5.92 Å². The van der Waals surface area contributed by atoms with Crippen molar-refractivity contribution in [1.82, 2.24) is 10.3 Å². The van der Waals surface area contributed by atoms with Gasteiger partial charge in [0.25, 0.3) is 5.91 Å². The van der Waals surface area contributed by atoms with Gasteiger partial charge in [0.15, 0.2) is 16.6 Å². The molecule has 2 amide bonds.